The van der Waals surface area contributed by atoms with Crippen molar-refractivity contribution >= 4 is 17.4 Å². The van der Waals surface area contributed by atoms with Gasteiger partial charge in [-0.25, -0.2) is 0 Å². The van der Waals surface area contributed by atoms with E-state index in [0.717, 1.165) is 29.7 Å². The Balaban J connectivity index is 2.05. The van der Waals surface area contributed by atoms with Crippen LogP contribution in [0.15, 0.2) is 18.2 Å². The first-order chi connectivity index (χ1) is 9.55. The molecule has 3 rings (SSSR count). The van der Waals surface area contributed by atoms with E-state index in [-0.39, 0.29) is 24.2 Å². The summed E-state index contributed by atoms with van der Waals surface area (Å²) in [6, 6.07) is 5.79. The van der Waals surface area contributed by atoms with Crippen LogP contribution in [0.2, 0.25) is 0 Å². The molecule has 1 amide bonds. The molecule has 1 aromatic rings. The van der Waals surface area contributed by atoms with Gasteiger partial charge in [0, 0.05) is 24.1 Å². The zero-order chi connectivity index (χ0) is 14.3. The number of fused-ring (bicyclic) bond motifs is 2. The Labute approximate surface area is 118 Å². The molecule has 1 spiro atoms. The monoisotopic (exact) mass is 273 g/mol. The van der Waals surface area contributed by atoms with Crippen molar-refractivity contribution in [3.8, 4) is 0 Å². The number of anilines is 1. The Morgan fingerprint density at radius 3 is 2.95 bits per heavy atom. The fourth-order valence-corrected chi connectivity index (χ4v) is 3.19. The van der Waals surface area contributed by atoms with Gasteiger partial charge in [0.25, 0.3) is 5.91 Å². The van der Waals surface area contributed by atoms with Crippen LogP contribution < -0.4 is 5.32 Å². The van der Waals surface area contributed by atoms with Gasteiger partial charge in [-0.3, -0.25) is 9.59 Å². The predicted molar refractivity (Wildman–Crippen MR) is 75.5 cm³/mol. The molecule has 1 N–H and O–H groups in total. The second kappa shape index (κ2) is 4.70. The largest absolute Gasteiger partial charge is 0.356 e. The second-order valence-corrected chi connectivity index (χ2v) is 5.78. The number of carbonyl (C=O) groups excluding carboxylic acids is 2. The number of ether oxygens (including phenoxy) is 1. The summed E-state index contributed by atoms with van der Waals surface area (Å²) in [5.41, 5.74) is 1.55. The number of ketones is 1. The fourth-order valence-electron chi connectivity index (χ4n) is 3.19. The smallest absolute Gasteiger partial charge is 0.261 e. The molecule has 4 nitrogen and oxygen atoms in total. The number of carbonyl (C=O) groups is 2. The van der Waals surface area contributed by atoms with E-state index < -0.39 is 5.60 Å². The number of hydrogen-bond donors (Lipinski definition) is 1. The van der Waals surface area contributed by atoms with Crippen LogP contribution in [-0.4, -0.2) is 17.8 Å². The van der Waals surface area contributed by atoms with Gasteiger partial charge in [-0.1, -0.05) is 31.0 Å². The van der Waals surface area contributed by atoms with Crippen LogP contribution in [0.25, 0.3) is 0 Å². The summed E-state index contributed by atoms with van der Waals surface area (Å²) in [6.07, 6.45) is 2.16. The van der Waals surface area contributed by atoms with E-state index in [2.05, 4.69) is 12.2 Å². The number of amides is 1. The highest BCUT2D eigenvalue weighted by molar-refractivity contribution is 6.07. The molecule has 1 aromatic carbocycles. The van der Waals surface area contributed by atoms with Crippen molar-refractivity contribution in [2.75, 3.05) is 5.32 Å². The van der Waals surface area contributed by atoms with E-state index in [1.54, 1.807) is 0 Å². The van der Waals surface area contributed by atoms with Crippen LogP contribution >= 0.6 is 0 Å². The topological polar surface area (TPSA) is 55.4 Å². The zero-order valence-electron chi connectivity index (χ0n) is 11.9. The second-order valence-electron chi connectivity index (χ2n) is 5.78. The molecule has 0 saturated carbocycles. The maximum Gasteiger partial charge on any atom is 0.261 e. The van der Waals surface area contributed by atoms with Crippen molar-refractivity contribution in [3.05, 3.63) is 29.3 Å². The van der Waals surface area contributed by atoms with Crippen LogP contribution in [0, 0.1) is 6.92 Å². The summed E-state index contributed by atoms with van der Waals surface area (Å²) in [7, 11) is 0. The molecule has 0 radical (unpaired) electrons. The first-order valence-corrected chi connectivity index (χ1v) is 7.17. The molecule has 0 bridgehead atoms. The van der Waals surface area contributed by atoms with E-state index in [1.165, 1.54) is 0 Å². The Bertz CT molecular complexity index is 581. The lowest BCUT2D eigenvalue weighted by Gasteiger charge is -2.36. The molecule has 2 atom stereocenters. The maximum absolute atomic E-state index is 12.4. The predicted octanol–water partition coefficient (Wildman–Crippen LogP) is 2.69. The van der Waals surface area contributed by atoms with Gasteiger partial charge >= 0.3 is 0 Å². The molecular weight excluding hydrogens is 254 g/mol. The van der Waals surface area contributed by atoms with Crippen molar-refractivity contribution in [3.63, 3.8) is 0 Å². The summed E-state index contributed by atoms with van der Waals surface area (Å²) in [6.45, 7) is 4.03. The molecule has 1 fully saturated rings. The lowest BCUT2D eigenvalue weighted by Crippen LogP contribution is -2.47. The average molecular weight is 273 g/mol. The Morgan fingerprint density at radius 1 is 1.40 bits per heavy atom. The van der Waals surface area contributed by atoms with E-state index in [4.69, 9.17) is 4.74 Å². The zero-order valence-corrected chi connectivity index (χ0v) is 11.9. The van der Waals surface area contributed by atoms with Crippen molar-refractivity contribution in [1.82, 2.24) is 0 Å². The molecule has 1 saturated heterocycles. The lowest BCUT2D eigenvalue weighted by atomic mass is 9.84. The van der Waals surface area contributed by atoms with Gasteiger partial charge < -0.3 is 10.1 Å². The third kappa shape index (κ3) is 1.95. The molecule has 2 heterocycles. The standard InChI is InChI=1S/C16H19NO3/c1-3-4-12-8-11(18)9-16(20-12)13-7-10(2)5-6-14(13)17-15(16)19/h5-7,12H,3-4,8-9H2,1-2H3,(H,17,19)/t12-,16+/m0/s1. The minimum absolute atomic E-state index is 0.110. The first kappa shape index (κ1) is 13.3. The normalized spacial score (nSPS) is 28.6. The summed E-state index contributed by atoms with van der Waals surface area (Å²) in [5.74, 6) is -0.0912. The van der Waals surface area contributed by atoms with Crippen LogP contribution in [-0.2, 0) is 19.9 Å². The van der Waals surface area contributed by atoms with E-state index in [9.17, 15) is 9.59 Å². The van der Waals surface area contributed by atoms with E-state index in [1.807, 2.05) is 25.1 Å². The summed E-state index contributed by atoms with van der Waals surface area (Å²) < 4.78 is 6.11. The number of aryl methyl sites for hydroxylation is 1. The number of nitrogens with one attached hydrogen (secondary N) is 1. The van der Waals surface area contributed by atoms with Crippen molar-refractivity contribution < 1.29 is 14.3 Å². The number of benzene rings is 1. The van der Waals surface area contributed by atoms with Gasteiger partial charge in [0.1, 0.15) is 5.78 Å². The molecule has 4 heteroatoms. The molecule has 2 aliphatic rings. The van der Waals surface area contributed by atoms with Gasteiger partial charge in [0.15, 0.2) is 5.60 Å². The summed E-state index contributed by atoms with van der Waals surface area (Å²) in [5, 5.41) is 2.85. The molecular formula is C16H19NO3. The third-order valence-electron chi connectivity index (χ3n) is 4.11. The highest BCUT2D eigenvalue weighted by Crippen LogP contribution is 2.45. The van der Waals surface area contributed by atoms with Crippen molar-refractivity contribution in [1.29, 1.82) is 0 Å². The fraction of sp³-hybridized carbons (Fsp3) is 0.500. The van der Waals surface area contributed by atoms with Crippen LogP contribution in [0.4, 0.5) is 5.69 Å². The quantitative estimate of drug-likeness (QED) is 0.901. The summed E-state index contributed by atoms with van der Waals surface area (Å²) >= 11 is 0. The number of Topliss-reactive ketones (excluding diaryl/α,β-unsaturated/α-hetero) is 1. The van der Waals surface area contributed by atoms with E-state index >= 15 is 0 Å². The molecule has 106 valence electrons. The van der Waals surface area contributed by atoms with Crippen LogP contribution in [0.1, 0.15) is 43.7 Å². The third-order valence-corrected chi connectivity index (χ3v) is 4.11. The highest BCUT2D eigenvalue weighted by Gasteiger charge is 2.53. The molecule has 0 aromatic heterocycles. The first-order valence-electron chi connectivity index (χ1n) is 7.17. The lowest BCUT2D eigenvalue weighted by molar-refractivity contribution is -0.170. The van der Waals surface area contributed by atoms with Crippen LogP contribution in [0.5, 0.6) is 0 Å². The highest BCUT2D eigenvalue weighted by atomic mass is 16.5. The SMILES string of the molecule is CCC[C@H]1CC(=O)C[C@]2(O1)C(=O)Nc1ccc(C)cc12. The molecule has 2 aliphatic heterocycles. The summed E-state index contributed by atoms with van der Waals surface area (Å²) in [4.78, 5) is 24.5. The van der Waals surface area contributed by atoms with Crippen LogP contribution in [0.3, 0.4) is 0 Å². The average Bonchev–Trinajstić information content (AvgIpc) is 2.63. The minimum Gasteiger partial charge on any atom is -0.356 e. The molecule has 0 unspecified atom stereocenters. The van der Waals surface area contributed by atoms with Gasteiger partial charge in [0.05, 0.1) is 6.10 Å². The molecule has 0 aliphatic carbocycles. The van der Waals surface area contributed by atoms with Crippen molar-refractivity contribution in [2.24, 2.45) is 0 Å². The van der Waals surface area contributed by atoms with Crippen molar-refractivity contribution in [2.45, 2.75) is 51.2 Å². The Hall–Kier alpha value is -1.68. The van der Waals surface area contributed by atoms with Gasteiger partial charge in [0.2, 0.25) is 0 Å². The maximum atomic E-state index is 12.4. The number of rotatable bonds is 2. The van der Waals surface area contributed by atoms with Gasteiger partial charge in [-0.15, -0.1) is 0 Å². The van der Waals surface area contributed by atoms with E-state index in [0.29, 0.717) is 6.42 Å². The molecule has 20 heavy (non-hydrogen) atoms. The van der Waals surface area contributed by atoms with Gasteiger partial charge in [-0.05, 0) is 19.4 Å². The van der Waals surface area contributed by atoms with Gasteiger partial charge in [-0.2, -0.15) is 0 Å². The Kier molecular flexibility index (Phi) is 3.13. The number of hydrogen-bond acceptors (Lipinski definition) is 3. The minimum atomic E-state index is -1.10. The Morgan fingerprint density at radius 2 is 2.20 bits per heavy atom.